The Morgan fingerprint density at radius 2 is 1.84 bits per heavy atom. The van der Waals surface area contributed by atoms with E-state index in [2.05, 4.69) is 5.32 Å². The number of carboxylic acids is 1. The molecule has 2 rings (SSSR count). The number of benzene rings is 2. The van der Waals surface area contributed by atoms with Crippen LogP contribution in [0, 0.1) is 0 Å². The molecule has 2 N–H and O–H groups in total. The van der Waals surface area contributed by atoms with E-state index in [0.29, 0.717) is 5.69 Å². The van der Waals surface area contributed by atoms with Crippen molar-refractivity contribution in [3.8, 4) is 0 Å². The molecule has 0 bridgehead atoms. The van der Waals surface area contributed by atoms with E-state index in [0.717, 1.165) is 11.4 Å². The van der Waals surface area contributed by atoms with Gasteiger partial charge in [-0.2, -0.15) is 0 Å². The van der Waals surface area contributed by atoms with E-state index in [4.69, 9.17) is 5.11 Å². The topological polar surface area (TPSA) is 52.6 Å². The standard InChI is InChI=1S/C15H16N2O2/c1-17(2)12-7-5-6-11(10-12)16-14-9-4-3-8-13(14)15(18)19/h3-10,16H,1-2H3,(H,18,19). The molecular weight excluding hydrogens is 240 g/mol. The van der Waals surface area contributed by atoms with E-state index >= 15 is 0 Å². The minimum absolute atomic E-state index is 0.262. The molecule has 0 radical (unpaired) electrons. The lowest BCUT2D eigenvalue weighted by Gasteiger charge is -2.15. The molecule has 2 aromatic rings. The number of aromatic carboxylic acids is 1. The molecule has 2 aromatic carbocycles. The molecule has 0 spiro atoms. The molecule has 4 nitrogen and oxygen atoms in total. The molecule has 0 aliphatic carbocycles. The van der Waals surface area contributed by atoms with Crippen molar-refractivity contribution in [3.63, 3.8) is 0 Å². The number of rotatable bonds is 4. The highest BCUT2D eigenvalue weighted by atomic mass is 16.4. The van der Waals surface area contributed by atoms with Gasteiger partial charge in [0.1, 0.15) is 0 Å². The predicted molar refractivity (Wildman–Crippen MR) is 77.5 cm³/mol. The summed E-state index contributed by atoms with van der Waals surface area (Å²) in [7, 11) is 3.93. The highest BCUT2D eigenvalue weighted by molar-refractivity contribution is 5.95. The second-order valence-corrected chi connectivity index (χ2v) is 4.42. The maximum Gasteiger partial charge on any atom is 0.337 e. The minimum atomic E-state index is -0.938. The van der Waals surface area contributed by atoms with Crippen molar-refractivity contribution in [1.29, 1.82) is 0 Å². The average Bonchev–Trinajstić information content (AvgIpc) is 2.39. The minimum Gasteiger partial charge on any atom is -0.478 e. The molecule has 0 aliphatic rings. The predicted octanol–water partition coefficient (Wildman–Crippen LogP) is 3.19. The van der Waals surface area contributed by atoms with Crippen molar-refractivity contribution in [2.75, 3.05) is 24.3 Å². The normalized spacial score (nSPS) is 10.0. The summed E-state index contributed by atoms with van der Waals surface area (Å²) in [5.74, 6) is -0.938. The number of nitrogens with zero attached hydrogens (tertiary/aromatic N) is 1. The Morgan fingerprint density at radius 3 is 2.53 bits per heavy atom. The number of carbonyl (C=O) groups is 1. The molecule has 0 amide bonds. The Labute approximate surface area is 112 Å². The molecule has 0 aliphatic heterocycles. The zero-order chi connectivity index (χ0) is 13.8. The van der Waals surface area contributed by atoms with Gasteiger partial charge in [0.05, 0.1) is 11.3 Å². The summed E-state index contributed by atoms with van der Waals surface area (Å²) in [5.41, 5.74) is 2.77. The van der Waals surface area contributed by atoms with Crippen molar-refractivity contribution < 1.29 is 9.90 Å². The summed E-state index contributed by atoms with van der Waals surface area (Å²) in [6.07, 6.45) is 0. The van der Waals surface area contributed by atoms with E-state index in [9.17, 15) is 4.79 Å². The van der Waals surface area contributed by atoms with E-state index in [-0.39, 0.29) is 5.56 Å². The van der Waals surface area contributed by atoms with Gasteiger partial charge in [0, 0.05) is 25.5 Å². The Kier molecular flexibility index (Phi) is 3.71. The first-order chi connectivity index (χ1) is 9.08. The summed E-state index contributed by atoms with van der Waals surface area (Å²) < 4.78 is 0. The second kappa shape index (κ2) is 5.44. The zero-order valence-corrected chi connectivity index (χ0v) is 10.9. The van der Waals surface area contributed by atoms with Gasteiger partial charge >= 0.3 is 5.97 Å². The summed E-state index contributed by atoms with van der Waals surface area (Å²) in [4.78, 5) is 13.1. The van der Waals surface area contributed by atoms with Crippen LogP contribution in [0.2, 0.25) is 0 Å². The van der Waals surface area contributed by atoms with Crippen molar-refractivity contribution in [3.05, 3.63) is 54.1 Å². The molecule has 0 saturated carbocycles. The first-order valence-corrected chi connectivity index (χ1v) is 5.94. The van der Waals surface area contributed by atoms with Crippen LogP contribution in [-0.2, 0) is 0 Å². The van der Waals surface area contributed by atoms with Crippen molar-refractivity contribution in [2.24, 2.45) is 0 Å². The third-order valence-electron chi connectivity index (χ3n) is 2.80. The highest BCUT2D eigenvalue weighted by Crippen LogP contribution is 2.23. The first kappa shape index (κ1) is 13.0. The van der Waals surface area contributed by atoms with E-state index in [1.807, 2.05) is 49.3 Å². The van der Waals surface area contributed by atoms with E-state index < -0.39 is 5.97 Å². The largest absolute Gasteiger partial charge is 0.478 e. The lowest BCUT2D eigenvalue weighted by molar-refractivity contribution is 0.0698. The third kappa shape index (κ3) is 3.04. The van der Waals surface area contributed by atoms with E-state index in [1.165, 1.54) is 0 Å². The molecule has 0 heterocycles. The molecule has 4 heteroatoms. The molecule has 0 atom stereocenters. The summed E-state index contributed by atoms with van der Waals surface area (Å²) in [6, 6.07) is 14.7. The fourth-order valence-corrected chi connectivity index (χ4v) is 1.80. The Morgan fingerprint density at radius 1 is 1.11 bits per heavy atom. The monoisotopic (exact) mass is 256 g/mol. The number of para-hydroxylation sites is 1. The fraction of sp³-hybridized carbons (Fsp3) is 0.133. The SMILES string of the molecule is CN(C)c1cccc(Nc2ccccc2C(=O)O)c1. The first-order valence-electron chi connectivity index (χ1n) is 5.94. The van der Waals surface area contributed by atoms with E-state index in [1.54, 1.807) is 18.2 Å². The number of hydrogen-bond donors (Lipinski definition) is 2. The number of carboxylic acid groups (broad SMARTS) is 1. The quantitative estimate of drug-likeness (QED) is 0.882. The van der Waals surface area contributed by atoms with Gasteiger partial charge in [0.25, 0.3) is 0 Å². The van der Waals surface area contributed by atoms with Crippen LogP contribution in [0.3, 0.4) is 0 Å². The summed E-state index contributed by atoms with van der Waals surface area (Å²) >= 11 is 0. The van der Waals surface area contributed by atoms with Crippen LogP contribution in [0.15, 0.2) is 48.5 Å². The Balaban J connectivity index is 2.31. The van der Waals surface area contributed by atoms with Crippen molar-refractivity contribution in [2.45, 2.75) is 0 Å². The second-order valence-electron chi connectivity index (χ2n) is 4.42. The summed E-state index contributed by atoms with van der Waals surface area (Å²) in [5, 5.41) is 12.3. The average molecular weight is 256 g/mol. The maximum atomic E-state index is 11.1. The Bertz CT molecular complexity index is 594. The van der Waals surface area contributed by atoms with Gasteiger partial charge in [-0.25, -0.2) is 4.79 Å². The van der Waals surface area contributed by atoms with Gasteiger partial charge in [-0.1, -0.05) is 18.2 Å². The number of anilines is 3. The van der Waals surface area contributed by atoms with Gasteiger partial charge in [-0.05, 0) is 30.3 Å². The van der Waals surface area contributed by atoms with Gasteiger partial charge in [-0.3, -0.25) is 0 Å². The smallest absolute Gasteiger partial charge is 0.337 e. The number of nitrogens with one attached hydrogen (secondary N) is 1. The molecule has 19 heavy (non-hydrogen) atoms. The van der Waals surface area contributed by atoms with Gasteiger partial charge < -0.3 is 15.3 Å². The van der Waals surface area contributed by atoms with Crippen LogP contribution in [0.25, 0.3) is 0 Å². The van der Waals surface area contributed by atoms with Gasteiger partial charge in [0.2, 0.25) is 0 Å². The van der Waals surface area contributed by atoms with Crippen LogP contribution in [0.1, 0.15) is 10.4 Å². The molecule has 0 unspecified atom stereocenters. The molecule has 0 fully saturated rings. The Hall–Kier alpha value is -2.49. The maximum absolute atomic E-state index is 11.1. The van der Waals surface area contributed by atoms with Crippen LogP contribution in [-0.4, -0.2) is 25.2 Å². The lowest BCUT2D eigenvalue weighted by Crippen LogP contribution is -2.08. The fourth-order valence-electron chi connectivity index (χ4n) is 1.80. The van der Waals surface area contributed by atoms with Crippen LogP contribution < -0.4 is 10.2 Å². The van der Waals surface area contributed by atoms with Crippen molar-refractivity contribution >= 4 is 23.0 Å². The molecule has 0 saturated heterocycles. The zero-order valence-electron chi connectivity index (χ0n) is 10.9. The van der Waals surface area contributed by atoms with Crippen molar-refractivity contribution in [1.82, 2.24) is 0 Å². The third-order valence-corrected chi connectivity index (χ3v) is 2.80. The lowest BCUT2D eigenvalue weighted by atomic mass is 10.1. The van der Waals surface area contributed by atoms with Crippen LogP contribution in [0.5, 0.6) is 0 Å². The molecular formula is C15H16N2O2. The summed E-state index contributed by atoms with van der Waals surface area (Å²) in [6.45, 7) is 0. The molecule has 0 aromatic heterocycles. The van der Waals surface area contributed by atoms with Crippen LogP contribution >= 0.6 is 0 Å². The number of hydrogen-bond acceptors (Lipinski definition) is 3. The van der Waals surface area contributed by atoms with Gasteiger partial charge in [0.15, 0.2) is 0 Å². The highest BCUT2D eigenvalue weighted by Gasteiger charge is 2.09. The van der Waals surface area contributed by atoms with Gasteiger partial charge in [-0.15, -0.1) is 0 Å². The van der Waals surface area contributed by atoms with Crippen LogP contribution in [0.4, 0.5) is 17.1 Å². The molecule has 98 valence electrons.